The number of Topliss-reactive ketones (excluding diaryl/α,β-unsaturated/α-hetero) is 1. The topological polar surface area (TPSA) is 125 Å². The zero-order chi connectivity index (χ0) is 23.5. The van der Waals surface area contributed by atoms with E-state index in [-0.39, 0.29) is 48.1 Å². The van der Waals surface area contributed by atoms with E-state index in [1.165, 1.54) is 13.2 Å². The number of esters is 3. The number of methoxy groups -OCH3 is 1. The molecule has 1 aliphatic heterocycles. The summed E-state index contributed by atoms with van der Waals surface area (Å²) in [5.74, 6) is -1.76. The summed E-state index contributed by atoms with van der Waals surface area (Å²) in [6.45, 7) is 1.36. The Hall–Kier alpha value is -2.88. The van der Waals surface area contributed by atoms with Gasteiger partial charge in [0.05, 0.1) is 7.11 Å². The van der Waals surface area contributed by atoms with Crippen molar-refractivity contribution in [2.45, 2.75) is 64.1 Å². The molecule has 1 aromatic rings. The van der Waals surface area contributed by atoms with E-state index >= 15 is 0 Å². The van der Waals surface area contributed by atoms with E-state index < -0.39 is 25.8 Å². The van der Waals surface area contributed by atoms with Crippen LogP contribution in [-0.4, -0.2) is 49.7 Å². The first-order chi connectivity index (χ1) is 15.3. The van der Waals surface area contributed by atoms with Gasteiger partial charge in [-0.2, -0.15) is 0 Å². The van der Waals surface area contributed by atoms with Crippen molar-refractivity contribution in [3.8, 4) is 5.75 Å². The second-order valence-corrected chi connectivity index (χ2v) is 7.61. The summed E-state index contributed by atoms with van der Waals surface area (Å²) in [5, 5.41) is 10.3. The first kappa shape index (κ1) is 25.4. The molecule has 0 radical (unpaired) electrons. The molecule has 9 nitrogen and oxygen atoms in total. The van der Waals surface area contributed by atoms with Gasteiger partial charge >= 0.3 is 25.0 Å². The summed E-state index contributed by atoms with van der Waals surface area (Å²) in [5.41, 5.74) is 0.802. The Morgan fingerprint density at radius 2 is 1.81 bits per heavy atom. The van der Waals surface area contributed by atoms with Crippen LogP contribution in [0.2, 0.25) is 5.82 Å². The van der Waals surface area contributed by atoms with Gasteiger partial charge in [-0.25, -0.2) is 4.79 Å². The van der Waals surface area contributed by atoms with Crippen LogP contribution in [0.1, 0.15) is 67.8 Å². The normalized spacial score (nSPS) is 14.7. The lowest BCUT2D eigenvalue weighted by Gasteiger charge is -2.28. The van der Waals surface area contributed by atoms with Gasteiger partial charge in [0.25, 0.3) is 0 Å². The van der Waals surface area contributed by atoms with Crippen molar-refractivity contribution in [2.24, 2.45) is 0 Å². The van der Waals surface area contributed by atoms with Crippen molar-refractivity contribution in [2.75, 3.05) is 13.9 Å². The summed E-state index contributed by atoms with van der Waals surface area (Å²) >= 11 is 0. The zero-order valence-corrected chi connectivity index (χ0v) is 18.5. The lowest BCUT2D eigenvalue weighted by Crippen LogP contribution is -2.36. The number of rotatable bonds is 12. The minimum atomic E-state index is -1.21. The number of carbonyl (C=O) groups excluding carboxylic acids is 4. The van der Waals surface area contributed by atoms with Crippen LogP contribution in [0.4, 0.5) is 0 Å². The second kappa shape index (κ2) is 12.9. The van der Waals surface area contributed by atoms with Crippen molar-refractivity contribution in [1.29, 1.82) is 0 Å². The fourth-order valence-corrected chi connectivity index (χ4v) is 3.43. The first-order valence-corrected chi connectivity index (χ1v) is 10.7. The van der Waals surface area contributed by atoms with Crippen LogP contribution >= 0.6 is 0 Å². The fraction of sp³-hybridized carbons (Fsp3) is 0.545. The summed E-state index contributed by atoms with van der Waals surface area (Å²) < 4.78 is 20.0. The van der Waals surface area contributed by atoms with E-state index in [0.717, 1.165) is 6.42 Å². The van der Waals surface area contributed by atoms with Crippen LogP contribution in [0.3, 0.4) is 0 Å². The van der Waals surface area contributed by atoms with E-state index in [9.17, 15) is 24.2 Å². The number of benzene rings is 1. The highest BCUT2D eigenvalue weighted by Crippen LogP contribution is 2.36. The summed E-state index contributed by atoms with van der Waals surface area (Å²) in [7, 11) is 0.0908. The Kier molecular flexibility index (Phi) is 10.2. The molecule has 0 spiro atoms. The van der Waals surface area contributed by atoms with E-state index in [1.807, 2.05) is 6.92 Å². The molecule has 1 heterocycles. The SMILES string of the molecule is CCCC(=O)C[C@H]1Cc2cccc(C(=O)OCOC(=O)CCCCC(=O)OC)c2OB1O. The highest BCUT2D eigenvalue weighted by molar-refractivity contribution is 6.47. The van der Waals surface area contributed by atoms with Gasteiger partial charge in [0, 0.05) is 31.5 Å². The van der Waals surface area contributed by atoms with Crippen molar-refractivity contribution < 1.29 is 43.1 Å². The van der Waals surface area contributed by atoms with Gasteiger partial charge in [-0.15, -0.1) is 0 Å². The third kappa shape index (κ3) is 7.67. The predicted octanol–water partition coefficient (Wildman–Crippen LogP) is 2.62. The quantitative estimate of drug-likeness (QED) is 0.222. The van der Waals surface area contributed by atoms with E-state index in [4.69, 9.17) is 14.1 Å². The molecule has 0 aliphatic carbocycles. The Balaban J connectivity index is 1.84. The number of unbranched alkanes of at least 4 members (excludes halogenated alkanes) is 1. The number of ketones is 1. The molecule has 0 fully saturated rings. The van der Waals surface area contributed by atoms with Gasteiger partial charge in [-0.05, 0) is 37.3 Å². The second-order valence-electron chi connectivity index (χ2n) is 7.61. The Labute approximate surface area is 187 Å². The summed E-state index contributed by atoms with van der Waals surface area (Å²) in [6, 6.07) is 4.92. The van der Waals surface area contributed by atoms with Crippen LogP contribution in [0, 0.1) is 0 Å². The van der Waals surface area contributed by atoms with Gasteiger partial charge in [-0.3, -0.25) is 14.4 Å². The third-order valence-corrected chi connectivity index (χ3v) is 5.11. The molecule has 10 heteroatoms. The van der Waals surface area contributed by atoms with Crippen molar-refractivity contribution in [3.63, 3.8) is 0 Å². The van der Waals surface area contributed by atoms with Crippen LogP contribution < -0.4 is 4.65 Å². The molecule has 0 saturated heterocycles. The van der Waals surface area contributed by atoms with Crippen LogP contribution in [0.25, 0.3) is 0 Å². The smallest absolute Gasteiger partial charge is 0.526 e. The lowest BCUT2D eigenvalue weighted by molar-refractivity contribution is -0.152. The van der Waals surface area contributed by atoms with Gasteiger partial charge in [0.2, 0.25) is 6.79 Å². The van der Waals surface area contributed by atoms with Crippen molar-refractivity contribution >= 4 is 30.8 Å². The van der Waals surface area contributed by atoms with Crippen LogP contribution in [-0.2, 0) is 35.0 Å². The zero-order valence-electron chi connectivity index (χ0n) is 18.5. The largest absolute Gasteiger partial charge is 0.535 e. The number of hydrogen-bond acceptors (Lipinski definition) is 9. The molecule has 0 bridgehead atoms. The maximum absolute atomic E-state index is 12.4. The number of fused-ring (bicyclic) bond motifs is 1. The monoisotopic (exact) mass is 448 g/mol. The maximum Gasteiger partial charge on any atom is 0.526 e. The predicted molar refractivity (Wildman–Crippen MR) is 114 cm³/mol. The lowest BCUT2D eigenvalue weighted by atomic mass is 9.64. The number of carbonyl (C=O) groups is 4. The molecule has 1 N–H and O–H groups in total. The minimum absolute atomic E-state index is 0.0614. The van der Waals surface area contributed by atoms with Gasteiger partial charge < -0.3 is 23.9 Å². The molecule has 1 atom stereocenters. The Bertz CT molecular complexity index is 824. The molecule has 0 aromatic heterocycles. The van der Waals surface area contributed by atoms with Gasteiger partial charge in [-0.1, -0.05) is 19.1 Å². The number of para-hydroxylation sites is 1. The highest BCUT2D eigenvalue weighted by Gasteiger charge is 2.37. The molecule has 0 unspecified atom stereocenters. The minimum Gasteiger partial charge on any atom is -0.535 e. The molecule has 0 amide bonds. The Morgan fingerprint density at radius 3 is 2.50 bits per heavy atom. The first-order valence-electron chi connectivity index (χ1n) is 10.7. The van der Waals surface area contributed by atoms with E-state index in [1.54, 1.807) is 12.1 Å². The molecule has 1 aliphatic rings. The standard InChI is InChI=1S/C22H29BO9/c1-3-7-17(24)13-16-12-15-8-6-9-18(21(15)32-23(16)28)22(27)31-14-30-20(26)11-5-4-10-19(25)29-2/h6,8-9,16,28H,3-5,7,10-14H2,1-2H3/t16-/m1/s1. The summed E-state index contributed by atoms with van der Waals surface area (Å²) in [4.78, 5) is 47.1. The maximum atomic E-state index is 12.4. The molecular formula is C22H29BO9. The van der Waals surface area contributed by atoms with Crippen molar-refractivity contribution in [3.05, 3.63) is 29.3 Å². The number of ether oxygens (including phenoxy) is 3. The highest BCUT2D eigenvalue weighted by atomic mass is 16.7. The van der Waals surface area contributed by atoms with Crippen molar-refractivity contribution in [1.82, 2.24) is 0 Å². The van der Waals surface area contributed by atoms with E-state index in [0.29, 0.717) is 31.2 Å². The molecule has 32 heavy (non-hydrogen) atoms. The van der Waals surface area contributed by atoms with Crippen LogP contribution in [0.5, 0.6) is 5.75 Å². The molecular weight excluding hydrogens is 419 g/mol. The Morgan fingerprint density at radius 1 is 1.09 bits per heavy atom. The average Bonchev–Trinajstić information content (AvgIpc) is 2.76. The summed E-state index contributed by atoms with van der Waals surface area (Å²) in [6.07, 6.45) is 3.04. The average molecular weight is 448 g/mol. The molecule has 174 valence electrons. The van der Waals surface area contributed by atoms with Crippen LogP contribution in [0.15, 0.2) is 18.2 Å². The van der Waals surface area contributed by atoms with Gasteiger partial charge in [0.15, 0.2) is 0 Å². The fourth-order valence-electron chi connectivity index (χ4n) is 3.43. The molecule has 1 aromatic carbocycles. The third-order valence-electron chi connectivity index (χ3n) is 5.11. The van der Waals surface area contributed by atoms with Gasteiger partial charge in [0.1, 0.15) is 17.1 Å². The molecule has 0 saturated carbocycles. The van der Waals surface area contributed by atoms with E-state index in [2.05, 4.69) is 4.74 Å². The number of hydrogen-bond donors (Lipinski definition) is 1. The molecule has 2 rings (SSSR count).